The van der Waals surface area contributed by atoms with E-state index >= 15 is 0 Å². The number of aliphatic hydroxyl groups excluding tert-OH is 1. The second-order valence-corrected chi connectivity index (χ2v) is 7.78. The number of thiophene rings is 1. The Hall–Kier alpha value is -3.57. The molecule has 0 unspecified atom stereocenters. The van der Waals surface area contributed by atoms with Crippen LogP contribution in [0.15, 0.2) is 58.6 Å². The lowest BCUT2D eigenvalue weighted by molar-refractivity contribution is -0.385. The molecule has 0 spiro atoms. The summed E-state index contributed by atoms with van der Waals surface area (Å²) in [5, 5.41) is 35.6. The molecular weight excluding hydrogens is 418 g/mol. The van der Waals surface area contributed by atoms with Crippen molar-refractivity contribution in [2.24, 2.45) is 0 Å². The van der Waals surface area contributed by atoms with Gasteiger partial charge in [-0.3, -0.25) is 24.6 Å². The largest absolute Gasteiger partial charge is 0.508 e. The lowest BCUT2D eigenvalue weighted by Gasteiger charge is -2.24. The quantitative estimate of drug-likeness (QED) is 0.359. The number of benzene rings is 1. The summed E-state index contributed by atoms with van der Waals surface area (Å²) in [7, 11) is 0. The van der Waals surface area contributed by atoms with Gasteiger partial charge in [0.1, 0.15) is 11.8 Å². The first-order valence-electron chi connectivity index (χ1n) is 8.12. The number of carbonyl (C=O) groups excluding carboxylic acids is 2. The summed E-state index contributed by atoms with van der Waals surface area (Å²) in [4.78, 5) is 41.9. The van der Waals surface area contributed by atoms with Crippen LogP contribution in [0.5, 0.6) is 5.75 Å². The summed E-state index contributed by atoms with van der Waals surface area (Å²) in [5.41, 5.74) is -0.672. The molecule has 9 nitrogen and oxygen atoms in total. The SMILES string of the molecule is O=C(C1=C(O)C(=O)N(c2nccs2)[C@@H]1c1cc([N+](=O)[O-])ccc1O)c1cccs1. The van der Waals surface area contributed by atoms with Crippen molar-refractivity contribution in [3.63, 3.8) is 0 Å². The number of nitro groups is 1. The van der Waals surface area contributed by atoms with Crippen LogP contribution in [0.25, 0.3) is 0 Å². The fraction of sp³-hybridized carbons (Fsp3) is 0.0556. The van der Waals surface area contributed by atoms with E-state index in [9.17, 15) is 29.9 Å². The van der Waals surface area contributed by atoms with E-state index in [2.05, 4.69) is 4.98 Å². The number of Topliss-reactive ketones (excluding diaryl/α,β-unsaturated/α-hetero) is 1. The van der Waals surface area contributed by atoms with Gasteiger partial charge in [0.15, 0.2) is 10.9 Å². The first kappa shape index (κ1) is 18.8. The number of anilines is 1. The Morgan fingerprint density at radius 2 is 2.00 bits per heavy atom. The average molecular weight is 429 g/mol. The van der Waals surface area contributed by atoms with Crippen molar-refractivity contribution >= 4 is 45.2 Å². The number of aromatic nitrogens is 1. The summed E-state index contributed by atoms with van der Waals surface area (Å²) in [6.07, 6.45) is 1.44. The Labute approximate surface area is 170 Å². The molecule has 2 aromatic heterocycles. The van der Waals surface area contributed by atoms with E-state index in [-0.39, 0.29) is 32.6 Å². The molecule has 29 heavy (non-hydrogen) atoms. The molecule has 2 N–H and O–H groups in total. The number of nitrogens with zero attached hydrogens (tertiary/aromatic N) is 3. The highest BCUT2D eigenvalue weighted by Gasteiger charge is 2.47. The van der Waals surface area contributed by atoms with Crippen LogP contribution in [0.4, 0.5) is 10.8 Å². The van der Waals surface area contributed by atoms with Gasteiger partial charge in [0.2, 0.25) is 5.78 Å². The average Bonchev–Trinajstić information content (AvgIpc) is 3.44. The third kappa shape index (κ3) is 3.05. The van der Waals surface area contributed by atoms with Gasteiger partial charge in [-0.25, -0.2) is 4.98 Å². The Kier molecular flexibility index (Phi) is 4.60. The van der Waals surface area contributed by atoms with Crippen molar-refractivity contribution in [1.82, 2.24) is 4.98 Å². The Morgan fingerprint density at radius 3 is 2.62 bits per heavy atom. The van der Waals surface area contributed by atoms with Gasteiger partial charge in [-0.2, -0.15) is 0 Å². The molecule has 3 aromatic rings. The van der Waals surface area contributed by atoms with Crippen LogP contribution in [0.3, 0.4) is 0 Å². The smallest absolute Gasteiger partial charge is 0.296 e. The maximum atomic E-state index is 13.1. The van der Waals surface area contributed by atoms with E-state index in [0.717, 1.165) is 45.8 Å². The first-order valence-corrected chi connectivity index (χ1v) is 9.87. The molecular formula is C18H11N3O6S2. The molecule has 11 heteroatoms. The van der Waals surface area contributed by atoms with Crippen LogP contribution in [-0.2, 0) is 4.79 Å². The zero-order valence-electron chi connectivity index (χ0n) is 14.4. The summed E-state index contributed by atoms with van der Waals surface area (Å²) >= 11 is 2.20. The molecule has 0 bridgehead atoms. The molecule has 3 heterocycles. The highest BCUT2D eigenvalue weighted by Crippen LogP contribution is 2.46. The number of aliphatic hydroxyl groups is 1. The minimum absolute atomic E-state index is 0.0632. The van der Waals surface area contributed by atoms with Crippen molar-refractivity contribution in [1.29, 1.82) is 0 Å². The van der Waals surface area contributed by atoms with Crippen molar-refractivity contribution in [3.8, 4) is 5.75 Å². The number of phenolic OH excluding ortho intramolecular Hbond substituents is 1. The van der Waals surface area contributed by atoms with Crippen LogP contribution in [0.2, 0.25) is 0 Å². The van der Waals surface area contributed by atoms with E-state index in [4.69, 9.17) is 0 Å². The second kappa shape index (κ2) is 7.11. The number of amides is 1. The topological polar surface area (TPSA) is 134 Å². The standard InChI is InChI=1S/C18H11N3O6S2/c22-11-4-3-9(21(26)27)8-10(11)14-13(15(23)12-2-1-6-28-12)16(24)17(25)20(14)18-19-5-7-29-18/h1-8,14,22,24H/t14-/m1/s1. The van der Waals surface area contributed by atoms with Gasteiger partial charge in [-0.1, -0.05) is 6.07 Å². The number of phenols is 1. The molecule has 0 saturated heterocycles. The van der Waals surface area contributed by atoms with Gasteiger partial charge in [-0.15, -0.1) is 22.7 Å². The van der Waals surface area contributed by atoms with Gasteiger partial charge in [0.25, 0.3) is 11.6 Å². The van der Waals surface area contributed by atoms with Gasteiger partial charge in [0, 0.05) is 29.3 Å². The summed E-state index contributed by atoms with van der Waals surface area (Å²) < 4.78 is 0. The normalized spacial score (nSPS) is 16.5. The lowest BCUT2D eigenvalue weighted by atomic mass is 9.94. The predicted octanol–water partition coefficient (Wildman–Crippen LogP) is 3.60. The van der Waals surface area contributed by atoms with Crippen LogP contribution in [0.1, 0.15) is 21.3 Å². The number of ketones is 1. The Morgan fingerprint density at radius 1 is 1.21 bits per heavy atom. The van der Waals surface area contributed by atoms with Gasteiger partial charge >= 0.3 is 0 Å². The number of thiazole rings is 1. The highest BCUT2D eigenvalue weighted by molar-refractivity contribution is 7.14. The monoisotopic (exact) mass is 429 g/mol. The van der Waals surface area contributed by atoms with Gasteiger partial charge in [0.05, 0.1) is 15.4 Å². The molecule has 146 valence electrons. The van der Waals surface area contributed by atoms with E-state index in [0.29, 0.717) is 0 Å². The highest BCUT2D eigenvalue weighted by atomic mass is 32.1. The number of rotatable bonds is 5. The summed E-state index contributed by atoms with van der Waals surface area (Å²) in [5.74, 6) is -2.63. The van der Waals surface area contributed by atoms with Crippen molar-refractivity contribution in [2.75, 3.05) is 4.90 Å². The van der Waals surface area contributed by atoms with Crippen molar-refractivity contribution in [3.05, 3.63) is 79.2 Å². The number of hydrogen-bond donors (Lipinski definition) is 2. The molecule has 0 saturated carbocycles. The molecule has 1 atom stereocenters. The predicted molar refractivity (Wildman–Crippen MR) is 105 cm³/mol. The first-order chi connectivity index (χ1) is 13.9. The molecule has 1 aromatic carbocycles. The van der Waals surface area contributed by atoms with Crippen molar-refractivity contribution in [2.45, 2.75) is 6.04 Å². The number of non-ortho nitro benzene ring substituents is 1. The minimum atomic E-state index is -1.27. The van der Waals surface area contributed by atoms with Crippen molar-refractivity contribution < 1.29 is 24.7 Å². The van der Waals surface area contributed by atoms with E-state index in [1.165, 1.54) is 12.3 Å². The molecule has 0 aliphatic carbocycles. The molecule has 1 amide bonds. The van der Waals surface area contributed by atoms with E-state index in [1.807, 2.05) is 0 Å². The molecule has 0 radical (unpaired) electrons. The fourth-order valence-electron chi connectivity index (χ4n) is 3.08. The fourth-order valence-corrected chi connectivity index (χ4v) is 4.42. The minimum Gasteiger partial charge on any atom is -0.508 e. The number of nitro benzene ring substituents is 1. The molecule has 1 aliphatic rings. The molecule has 0 fully saturated rings. The second-order valence-electron chi connectivity index (χ2n) is 5.96. The zero-order chi connectivity index (χ0) is 20.7. The molecule has 1 aliphatic heterocycles. The maximum Gasteiger partial charge on any atom is 0.296 e. The van der Waals surface area contributed by atoms with Gasteiger partial charge < -0.3 is 10.2 Å². The van der Waals surface area contributed by atoms with E-state index < -0.39 is 28.4 Å². The zero-order valence-corrected chi connectivity index (χ0v) is 16.0. The number of aromatic hydroxyl groups is 1. The Bertz CT molecular complexity index is 1150. The van der Waals surface area contributed by atoms with Crippen LogP contribution < -0.4 is 4.90 Å². The Balaban J connectivity index is 1.94. The molecule has 4 rings (SSSR count). The van der Waals surface area contributed by atoms with E-state index in [1.54, 1.807) is 16.8 Å². The number of carbonyl (C=O) groups is 2. The number of hydrogen-bond acceptors (Lipinski definition) is 9. The van der Waals surface area contributed by atoms with Gasteiger partial charge in [-0.05, 0) is 17.5 Å². The van der Waals surface area contributed by atoms with Crippen LogP contribution in [-0.4, -0.2) is 31.8 Å². The van der Waals surface area contributed by atoms with Crippen LogP contribution >= 0.6 is 22.7 Å². The lowest BCUT2D eigenvalue weighted by Crippen LogP contribution is -2.31. The van der Waals surface area contributed by atoms with Crippen LogP contribution in [0, 0.1) is 10.1 Å². The summed E-state index contributed by atoms with van der Waals surface area (Å²) in [6, 6.07) is 5.20. The maximum absolute atomic E-state index is 13.1. The summed E-state index contributed by atoms with van der Waals surface area (Å²) in [6.45, 7) is 0. The third-order valence-corrected chi connectivity index (χ3v) is 5.98. The third-order valence-electron chi connectivity index (χ3n) is 4.34.